The molecule has 0 bridgehead atoms. The second kappa shape index (κ2) is 9.33. The molecule has 0 spiro atoms. The normalized spacial score (nSPS) is 10.5. The molecule has 0 aliphatic carbocycles. The summed E-state index contributed by atoms with van der Waals surface area (Å²) in [4.78, 5) is 24.6. The van der Waals surface area contributed by atoms with Gasteiger partial charge in [0.25, 0.3) is 0 Å². The summed E-state index contributed by atoms with van der Waals surface area (Å²) in [5.74, 6) is -0.430. The average molecular weight is 229 g/mol. The number of ether oxygens (including phenoxy) is 1. The summed E-state index contributed by atoms with van der Waals surface area (Å²) < 4.78 is 4.71. The molecule has 0 heterocycles. The predicted octanol–water partition coefficient (Wildman–Crippen LogP) is 1.63. The minimum Gasteiger partial charge on any atom is -0.466 e. The first kappa shape index (κ1) is 15.1. The fourth-order valence-electron chi connectivity index (χ4n) is 1.50. The lowest BCUT2D eigenvalue weighted by Crippen LogP contribution is -2.24. The van der Waals surface area contributed by atoms with Crippen LogP contribution in [-0.4, -0.2) is 42.9 Å². The second-order valence-corrected chi connectivity index (χ2v) is 3.65. The van der Waals surface area contributed by atoms with Gasteiger partial charge in [-0.3, -0.25) is 9.59 Å². The van der Waals surface area contributed by atoms with Crippen LogP contribution in [0.4, 0.5) is 0 Å². The highest BCUT2D eigenvalue weighted by atomic mass is 16.5. The fraction of sp³-hybridized carbons (Fsp3) is 0.833. The molecule has 0 aliphatic rings. The summed E-state index contributed by atoms with van der Waals surface area (Å²) in [7, 11) is 0. The number of carbonyl (C=O) groups excluding carboxylic acids is 2. The van der Waals surface area contributed by atoms with Crippen molar-refractivity contribution in [2.75, 3.05) is 26.2 Å². The molecular formula is C12H23NO3. The zero-order valence-corrected chi connectivity index (χ0v) is 10.6. The average Bonchev–Trinajstić information content (AvgIpc) is 2.24. The Labute approximate surface area is 98.0 Å². The van der Waals surface area contributed by atoms with Gasteiger partial charge in [-0.05, 0) is 33.0 Å². The van der Waals surface area contributed by atoms with Gasteiger partial charge in [0.15, 0.2) is 0 Å². The molecule has 0 aliphatic heterocycles. The highest BCUT2D eigenvalue weighted by molar-refractivity contribution is 5.95. The van der Waals surface area contributed by atoms with Crippen molar-refractivity contribution in [2.45, 2.75) is 40.0 Å². The van der Waals surface area contributed by atoms with Gasteiger partial charge in [0.2, 0.25) is 0 Å². The Morgan fingerprint density at radius 1 is 1.12 bits per heavy atom. The van der Waals surface area contributed by atoms with Crippen LogP contribution in [-0.2, 0) is 14.3 Å². The summed E-state index contributed by atoms with van der Waals surface area (Å²) >= 11 is 0. The largest absolute Gasteiger partial charge is 0.466 e. The third kappa shape index (κ3) is 7.40. The van der Waals surface area contributed by atoms with Crippen molar-refractivity contribution in [1.82, 2.24) is 4.90 Å². The van der Waals surface area contributed by atoms with Crippen LogP contribution in [0, 0.1) is 0 Å². The number of carbonyl (C=O) groups is 2. The Bertz CT molecular complexity index is 212. The minimum absolute atomic E-state index is 0.0226. The lowest BCUT2D eigenvalue weighted by Gasteiger charge is -2.17. The predicted molar refractivity (Wildman–Crippen MR) is 63.3 cm³/mol. The van der Waals surface area contributed by atoms with Gasteiger partial charge >= 0.3 is 5.97 Å². The number of Topliss-reactive ketones (excluding diaryl/α,β-unsaturated/α-hetero) is 1. The van der Waals surface area contributed by atoms with E-state index in [1.54, 1.807) is 6.92 Å². The lowest BCUT2D eigenvalue weighted by molar-refractivity contribution is -0.145. The molecule has 0 radical (unpaired) electrons. The van der Waals surface area contributed by atoms with E-state index in [4.69, 9.17) is 4.74 Å². The summed E-state index contributed by atoms with van der Waals surface area (Å²) in [6, 6.07) is 0. The molecule has 0 amide bonds. The topological polar surface area (TPSA) is 46.6 Å². The molecule has 0 aromatic heterocycles. The van der Waals surface area contributed by atoms with Crippen molar-refractivity contribution in [1.29, 1.82) is 0 Å². The van der Waals surface area contributed by atoms with Crippen LogP contribution in [0.15, 0.2) is 0 Å². The molecule has 0 saturated carbocycles. The second-order valence-electron chi connectivity index (χ2n) is 3.65. The third-order valence-electron chi connectivity index (χ3n) is 2.47. The fourth-order valence-corrected chi connectivity index (χ4v) is 1.50. The van der Waals surface area contributed by atoms with Crippen LogP contribution in [0.5, 0.6) is 0 Å². The Kier molecular flexibility index (Phi) is 8.81. The van der Waals surface area contributed by atoms with E-state index in [-0.39, 0.29) is 12.2 Å². The first-order chi connectivity index (χ1) is 7.63. The van der Waals surface area contributed by atoms with Gasteiger partial charge in [0, 0.05) is 6.42 Å². The summed E-state index contributed by atoms with van der Waals surface area (Å²) in [5, 5.41) is 0. The molecule has 94 valence electrons. The van der Waals surface area contributed by atoms with Crippen molar-refractivity contribution in [3.8, 4) is 0 Å². The summed E-state index contributed by atoms with van der Waals surface area (Å²) in [6.45, 7) is 9.20. The standard InChI is InChI=1S/C12H23NO3/c1-4-13(5-2)9-7-8-11(14)10-12(15)16-6-3/h4-10H2,1-3H3. The van der Waals surface area contributed by atoms with E-state index < -0.39 is 5.97 Å². The molecule has 0 saturated heterocycles. The van der Waals surface area contributed by atoms with Crippen LogP contribution < -0.4 is 0 Å². The van der Waals surface area contributed by atoms with E-state index in [1.165, 1.54) is 0 Å². The molecular weight excluding hydrogens is 206 g/mol. The number of hydrogen-bond donors (Lipinski definition) is 0. The Balaban J connectivity index is 3.61. The quantitative estimate of drug-likeness (QED) is 0.445. The molecule has 0 aromatic rings. The number of ketones is 1. The van der Waals surface area contributed by atoms with E-state index in [0.29, 0.717) is 13.0 Å². The van der Waals surface area contributed by atoms with Gasteiger partial charge in [-0.1, -0.05) is 13.8 Å². The summed E-state index contributed by atoms with van der Waals surface area (Å²) in [6.07, 6.45) is 1.21. The van der Waals surface area contributed by atoms with Crippen LogP contribution >= 0.6 is 0 Å². The maximum absolute atomic E-state index is 11.4. The Morgan fingerprint density at radius 3 is 2.25 bits per heavy atom. The minimum atomic E-state index is -0.407. The number of rotatable bonds is 9. The Morgan fingerprint density at radius 2 is 1.75 bits per heavy atom. The number of nitrogens with zero attached hydrogens (tertiary/aromatic N) is 1. The van der Waals surface area contributed by atoms with Gasteiger partial charge < -0.3 is 9.64 Å². The first-order valence-corrected chi connectivity index (χ1v) is 6.03. The number of hydrogen-bond acceptors (Lipinski definition) is 4. The van der Waals surface area contributed by atoms with Gasteiger partial charge in [0.1, 0.15) is 12.2 Å². The van der Waals surface area contributed by atoms with Gasteiger partial charge in [-0.2, -0.15) is 0 Å². The van der Waals surface area contributed by atoms with E-state index in [0.717, 1.165) is 26.1 Å². The molecule has 16 heavy (non-hydrogen) atoms. The molecule has 0 N–H and O–H groups in total. The van der Waals surface area contributed by atoms with Crippen molar-refractivity contribution in [3.63, 3.8) is 0 Å². The molecule has 0 unspecified atom stereocenters. The van der Waals surface area contributed by atoms with E-state index >= 15 is 0 Å². The van der Waals surface area contributed by atoms with E-state index in [9.17, 15) is 9.59 Å². The molecule has 4 heteroatoms. The zero-order valence-electron chi connectivity index (χ0n) is 10.6. The number of esters is 1. The van der Waals surface area contributed by atoms with Crippen LogP contribution in [0.1, 0.15) is 40.0 Å². The maximum Gasteiger partial charge on any atom is 0.313 e. The smallest absolute Gasteiger partial charge is 0.313 e. The van der Waals surface area contributed by atoms with Crippen LogP contribution in [0.3, 0.4) is 0 Å². The molecule has 0 aromatic carbocycles. The monoisotopic (exact) mass is 229 g/mol. The molecule has 0 fully saturated rings. The third-order valence-corrected chi connectivity index (χ3v) is 2.47. The molecule has 4 nitrogen and oxygen atoms in total. The zero-order chi connectivity index (χ0) is 12.4. The van der Waals surface area contributed by atoms with Crippen molar-refractivity contribution in [2.24, 2.45) is 0 Å². The van der Waals surface area contributed by atoms with Crippen molar-refractivity contribution in [3.05, 3.63) is 0 Å². The first-order valence-electron chi connectivity index (χ1n) is 6.03. The summed E-state index contributed by atoms with van der Waals surface area (Å²) in [5.41, 5.74) is 0. The van der Waals surface area contributed by atoms with Crippen LogP contribution in [0.2, 0.25) is 0 Å². The maximum atomic E-state index is 11.4. The molecule has 0 rings (SSSR count). The van der Waals surface area contributed by atoms with Crippen molar-refractivity contribution >= 4 is 11.8 Å². The Hall–Kier alpha value is -0.900. The molecule has 0 atom stereocenters. The van der Waals surface area contributed by atoms with Crippen molar-refractivity contribution < 1.29 is 14.3 Å². The highest BCUT2D eigenvalue weighted by Crippen LogP contribution is 2.00. The highest BCUT2D eigenvalue weighted by Gasteiger charge is 2.10. The van der Waals surface area contributed by atoms with E-state index in [1.807, 2.05) is 0 Å². The van der Waals surface area contributed by atoms with Gasteiger partial charge in [-0.15, -0.1) is 0 Å². The van der Waals surface area contributed by atoms with Gasteiger partial charge in [-0.25, -0.2) is 0 Å². The van der Waals surface area contributed by atoms with Crippen LogP contribution in [0.25, 0.3) is 0 Å². The van der Waals surface area contributed by atoms with E-state index in [2.05, 4.69) is 18.7 Å². The van der Waals surface area contributed by atoms with Gasteiger partial charge in [0.05, 0.1) is 6.61 Å². The SMILES string of the molecule is CCOC(=O)CC(=O)CCCN(CC)CC. The lowest BCUT2D eigenvalue weighted by atomic mass is 10.1.